The Bertz CT molecular complexity index is 692. The fourth-order valence-electron chi connectivity index (χ4n) is 1.68. The number of halogens is 1. The first-order valence-electron chi connectivity index (χ1n) is 6.62. The highest BCUT2D eigenvalue weighted by Gasteiger charge is 2.28. The summed E-state index contributed by atoms with van der Waals surface area (Å²) in [6, 6.07) is 7.25. The van der Waals surface area contributed by atoms with E-state index in [4.69, 9.17) is 5.11 Å². The van der Waals surface area contributed by atoms with Crippen LogP contribution in [-0.4, -0.2) is 33.7 Å². The lowest BCUT2D eigenvalue weighted by Gasteiger charge is -2.18. The molecule has 0 unspecified atom stereocenters. The summed E-state index contributed by atoms with van der Waals surface area (Å²) in [5.74, 6) is -1.80. The standard InChI is InChI=1S/C15H16FN3O3/c1-15(2,14(21)22)8-17-13(20)12-7-11(18-19-12)9-3-5-10(16)6-4-9/h3-7H,8H2,1-2H3,(H,17,20)(H,18,19)(H,21,22). The molecule has 1 aromatic carbocycles. The number of carbonyl (C=O) groups is 2. The molecule has 6 nitrogen and oxygen atoms in total. The second-order valence-corrected chi connectivity index (χ2v) is 5.55. The molecular weight excluding hydrogens is 289 g/mol. The summed E-state index contributed by atoms with van der Waals surface area (Å²) in [5.41, 5.74) is 0.320. The lowest BCUT2D eigenvalue weighted by molar-refractivity contribution is -0.146. The van der Waals surface area contributed by atoms with Crippen LogP contribution in [0.15, 0.2) is 30.3 Å². The largest absolute Gasteiger partial charge is 0.481 e. The van der Waals surface area contributed by atoms with Crippen LogP contribution < -0.4 is 5.32 Å². The van der Waals surface area contributed by atoms with Crippen molar-refractivity contribution in [1.82, 2.24) is 15.5 Å². The van der Waals surface area contributed by atoms with Gasteiger partial charge >= 0.3 is 5.97 Å². The molecule has 116 valence electrons. The number of rotatable bonds is 5. The molecule has 0 saturated carbocycles. The van der Waals surface area contributed by atoms with E-state index in [1.807, 2.05) is 0 Å². The van der Waals surface area contributed by atoms with Gasteiger partial charge in [0.15, 0.2) is 0 Å². The smallest absolute Gasteiger partial charge is 0.310 e. The molecule has 3 N–H and O–H groups in total. The molecule has 0 fully saturated rings. The maximum atomic E-state index is 12.9. The zero-order chi connectivity index (χ0) is 16.3. The van der Waals surface area contributed by atoms with Gasteiger partial charge in [-0.25, -0.2) is 4.39 Å². The second-order valence-electron chi connectivity index (χ2n) is 5.55. The number of aromatic nitrogens is 2. The highest BCUT2D eigenvalue weighted by Crippen LogP contribution is 2.18. The molecule has 22 heavy (non-hydrogen) atoms. The van der Waals surface area contributed by atoms with Gasteiger partial charge in [-0.15, -0.1) is 0 Å². The number of amides is 1. The Morgan fingerprint density at radius 2 is 1.95 bits per heavy atom. The maximum Gasteiger partial charge on any atom is 0.310 e. The number of H-pyrrole nitrogens is 1. The number of benzene rings is 1. The third-order valence-electron chi connectivity index (χ3n) is 3.23. The lowest BCUT2D eigenvalue weighted by Crippen LogP contribution is -2.39. The molecule has 1 amide bonds. The topological polar surface area (TPSA) is 95.1 Å². The van der Waals surface area contributed by atoms with E-state index in [0.717, 1.165) is 0 Å². The van der Waals surface area contributed by atoms with E-state index in [9.17, 15) is 14.0 Å². The predicted octanol–water partition coefficient (Wildman–Crippen LogP) is 2.06. The number of aliphatic carboxylic acids is 1. The zero-order valence-corrected chi connectivity index (χ0v) is 12.2. The second kappa shape index (κ2) is 5.97. The summed E-state index contributed by atoms with van der Waals surface area (Å²) in [6.45, 7) is 3.03. The molecule has 2 rings (SSSR count). The maximum absolute atomic E-state index is 12.9. The van der Waals surface area contributed by atoms with Crippen molar-refractivity contribution in [2.75, 3.05) is 6.54 Å². The molecule has 0 aliphatic heterocycles. The van der Waals surface area contributed by atoms with Crippen LogP contribution in [0.25, 0.3) is 11.3 Å². The molecule has 2 aromatic rings. The number of aromatic amines is 1. The monoisotopic (exact) mass is 305 g/mol. The van der Waals surface area contributed by atoms with Crippen LogP contribution in [0.3, 0.4) is 0 Å². The average Bonchev–Trinajstić information content (AvgIpc) is 2.95. The minimum absolute atomic E-state index is 0.00787. The van der Waals surface area contributed by atoms with Gasteiger partial charge in [-0.05, 0) is 44.2 Å². The van der Waals surface area contributed by atoms with Crippen LogP contribution >= 0.6 is 0 Å². The number of nitrogens with zero attached hydrogens (tertiary/aromatic N) is 1. The Morgan fingerprint density at radius 3 is 2.55 bits per heavy atom. The highest BCUT2D eigenvalue weighted by molar-refractivity contribution is 5.93. The Morgan fingerprint density at radius 1 is 1.32 bits per heavy atom. The van der Waals surface area contributed by atoms with Gasteiger partial charge in [-0.2, -0.15) is 5.10 Å². The van der Waals surface area contributed by atoms with Crippen LogP contribution in [0.1, 0.15) is 24.3 Å². The van der Waals surface area contributed by atoms with Crippen LogP contribution in [0.4, 0.5) is 4.39 Å². The van der Waals surface area contributed by atoms with Crippen LogP contribution in [-0.2, 0) is 4.79 Å². The average molecular weight is 305 g/mol. The van der Waals surface area contributed by atoms with Crippen LogP contribution in [0.5, 0.6) is 0 Å². The van der Waals surface area contributed by atoms with Crippen molar-refractivity contribution in [2.24, 2.45) is 5.41 Å². The summed E-state index contributed by atoms with van der Waals surface area (Å²) in [6.07, 6.45) is 0. The molecule has 0 spiro atoms. The van der Waals surface area contributed by atoms with E-state index in [1.165, 1.54) is 32.0 Å². The Balaban J connectivity index is 2.06. The van der Waals surface area contributed by atoms with Gasteiger partial charge in [0.25, 0.3) is 5.91 Å². The normalized spacial score (nSPS) is 11.2. The van der Waals surface area contributed by atoms with E-state index in [0.29, 0.717) is 11.3 Å². The highest BCUT2D eigenvalue weighted by atomic mass is 19.1. The predicted molar refractivity (Wildman–Crippen MR) is 77.7 cm³/mol. The summed E-state index contributed by atoms with van der Waals surface area (Å²) in [5, 5.41) is 18.1. The van der Waals surface area contributed by atoms with E-state index in [-0.39, 0.29) is 18.1 Å². The lowest BCUT2D eigenvalue weighted by atomic mass is 9.94. The van der Waals surface area contributed by atoms with Gasteiger partial charge in [-0.3, -0.25) is 14.7 Å². The van der Waals surface area contributed by atoms with Gasteiger partial charge in [0.05, 0.1) is 11.1 Å². The number of carbonyl (C=O) groups excluding carboxylic acids is 1. The van der Waals surface area contributed by atoms with E-state index >= 15 is 0 Å². The van der Waals surface area contributed by atoms with E-state index in [2.05, 4.69) is 15.5 Å². The molecule has 0 atom stereocenters. The minimum Gasteiger partial charge on any atom is -0.481 e. The third-order valence-corrected chi connectivity index (χ3v) is 3.23. The SMILES string of the molecule is CC(C)(CNC(=O)c1cc(-c2ccc(F)cc2)n[nH]1)C(=O)O. The molecule has 7 heteroatoms. The van der Waals surface area contributed by atoms with Crippen molar-refractivity contribution < 1.29 is 19.1 Å². The first-order chi connectivity index (χ1) is 10.3. The molecule has 0 radical (unpaired) electrons. The van der Waals surface area contributed by atoms with Crippen LogP contribution in [0, 0.1) is 11.2 Å². The fourth-order valence-corrected chi connectivity index (χ4v) is 1.68. The first-order valence-corrected chi connectivity index (χ1v) is 6.62. The van der Waals surface area contributed by atoms with E-state index < -0.39 is 17.3 Å². The van der Waals surface area contributed by atoms with Crippen molar-refractivity contribution in [3.05, 3.63) is 41.8 Å². The minimum atomic E-state index is -1.06. The van der Waals surface area contributed by atoms with Crippen LogP contribution in [0.2, 0.25) is 0 Å². The van der Waals surface area contributed by atoms with E-state index in [1.54, 1.807) is 12.1 Å². The van der Waals surface area contributed by atoms with Gasteiger partial charge in [-0.1, -0.05) is 0 Å². The molecule has 1 aromatic heterocycles. The molecule has 0 aliphatic carbocycles. The summed E-state index contributed by atoms with van der Waals surface area (Å²) in [4.78, 5) is 23.0. The van der Waals surface area contributed by atoms with Crippen molar-refractivity contribution in [2.45, 2.75) is 13.8 Å². The van der Waals surface area contributed by atoms with Gasteiger partial charge in [0, 0.05) is 12.1 Å². The molecule has 0 bridgehead atoms. The zero-order valence-electron chi connectivity index (χ0n) is 12.2. The molecule has 0 aliphatic rings. The number of carboxylic acids is 1. The fraction of sp³-hybridized carbons (Fsp3) is 0.267. The van der Waals surface area contributed by atoms with Crippen molar-refractivity contribution in [3.8, 4) is 11.3 Å². The summed E-state index contributed by atoms with van der Waals surface area (Å²) in [7, 11) is 0. The van der Waals surface area contributed by atoms with Gasteiger partial charge in [0.2, 0.25) is 0 Å². The summed E-state index contributed by atoms with van der Waals surface area (Å²) >= 11 is 0. The Kier molecular flexibility index (Phi) is 4.25. The van der Waals surface area contributed by atoms with Crippen molar-refractivity contribution in [3.63, 3.8) is 0 Å². The summed E-state index contributed by atoms with van der Waals surface area (Å²) < 4.78 is 12.9. The Hall–Kier alpha value is -2.70. The van der Waals surface area contributed by atoms with Gasteiger partial charge in [0.1, 0.15) is 11.5 Å². The first kappa shape index (κ1) is 15.7. The number of hydrogen-bond donors (Lipinski definition) is 3. The number of hydrogen-bond acceptors (Lipinski definition) is 3. The van der Waals surface area contributed by atoms with Gasteiger partial charge < -0.3 is 10.4 Å². The number of carboxylic acid groups (broad SMARTS) is 1. The van der Waals surface area contributed by atoms with Crippen molar-refractivity contribution in [1.29, 1.82) is 0 Å². The quantitative estimate of drug-likeness (QED) is 0.788. The van der Waals surface area contributed by atoms with Crippen molar-refractivity contribution >= 4 is 11.9 Å². The third kappa shape index (κ3) is 3.49. The number of nitrogens with one attached hydrogen (secondary N) is 2. The Labute approximate surface area is 126 Å². The molecular formula is C15H16FN3O3. The molecule has 0 saturated heterocycles. The molecule has 1 heterocycles.